The first-order chi connectivity index (χ1) is 22.2. The Labute approximate surface area is 387 Å². The summed E-state index contributed by atoms with van der Waals surface area (Å²) >= 11 is 9.54. The number of alkyl halides is 2. The first kappa shape index (κ1) is 63.1. The van der Waals surface area contributed by atoms with Gasteiger partial charge in [-0.3, -0.25) is 14.1 Å². The number of carbonyl (C=O) groups is 4. The Morgan fingerprint density at radius 1 is 0.882 bits per heavy atom. The first-order valence-corrected chi connectivity index (χ1v) is 33.4. The average molecular weight is 1380 g/mol. The predicted molar refractivity (Wildman–Crippen MR) is 183 cm³/mol. The summed E-state index contributed by atoms with van der Waals surface area (Å²) in [4.78, 5) is 42.1. The zero-order chi connectivity index (χ0) is 38.2. The van der Waals surface area contributed by atoms with Gasteiger partial charge >= 0.3 is 144 Å². The van der Waals surface area contributed by atoms with E-state index >= 15 is 0 Å². The Morgan fingerprint density at radius 3 is 1.51 bits per heavy atom. The molecule has 51 heavy (non-hydrogen) atoms. The molecule has 6 aliphatic rings. The van der Waals surface area contributed by atoms with Crippen molar-refractivity contribution in [1.82, 2.24) is 0 Å². The number of hydrogen-bond acceptors (Lipinski definition) is 16. The molecule has 10 atom stereocenters. The van der Waals surface area contributed by atoms with Crippen molar-refractivity contribution in [1.29, 1.82) is 0 Å². The van der Waals surface area contributed by atoms with E-state index in [1.165, 1.54) is 0 Å². The second kappa shape index (κ2) is 31.8. The molecular formula is C20H29F4I5Na2O18S2. The first-order valence-electron chi connectivity index (χ1n) is 11.9. The molecule has 0 aromatic rings. The molecule has 0 radical (unpaired) electrons. The summed E-state index contributed by atoms with van der Waals surface area (Å²) < 4.78 is 118. The van der Waals surface area contributed by atoms with Gasteiger partial charge in [0.15, 0.2) is 31.7 Å². The molecule has 0 aliphatic carbocycles. The van der Waals surface area contributed by atoms with Crippen LogP contribution in [-0.4, -0.2) is 134 Å². The van der Waals surface area contributed by atoms with Gasteiger partial charge in [0.05, 0.1) is 24.0 Å². The summed E-state index contributed by atoms with van der Waals surface area (Å²) in [6, 6.07) is 0. The Kier molecular flexibility index (Phi) is 39.4. The van der Waals surface area contributed by atoms with Crippen molar-refractivity contribution >= 4 is 119 Å². The van der Waals surface area contributed by atoms with Crippen molar-refractivity contribution in [3.8, 4) is 0 Å². The number of carbonyl (C=O) groups excluding carboxylic acids is 3. The molecule has 0 aromatic heterocycles. The molecule has 0 aromatic carbocycles. The third-order valence-electron chi connectivity index (χ3n) is 6.09. The molecule has 6 saturated heterocycles. The van der Waals surface area contributed by atoms with Crippen LogP contribution in [0.15, 0.2) is 0 Å². The number of aliphatic hydroxyl groups is 2. The summed E-state index contributed by atoms with van der Waals surface area (Å²) in [5.74, 6) is -3.15. The van der Waals surface area contributed by atoms with Gasteiger partial charge in [0.2, 0.25) is 0 Å². The van der Waals surface area contributed by atoms with E-state index in [-0.39, 0.29) is 121 Å². The number of rotatable bonds is 3. The van der Waals surface area contributed by atoms with Crippen LogP contribution in [0.4, 0.5) is 16.6 Å². The Bertz CT molecular complexity index is 1220. The fourth-order valence-electron chi connectivity index (χ4n) is 4.82. The van der Waals surface area contributed by atoms with Gasteiger partial charge in [0, 0.05) is 44.3 Å². The quantitative estimate of drug-likeness (QED) is 0.0389. The number of aliphatic carboxylic acids is 1. The van der Waals surface area contributed by atoms with Gasteiger partial charge in [-0.2, -0.15) is 8.42 Å². The van der Waals surface area contributed by atoms with E-state index < -0.39 is 64.6 Å². The van der Waals surface area contributed by atoms with Crippen LogP contribution in [0, 0.1) is 11.8 Å². The number of hydrogen-bond donors (Lipinski definition) is 4. The second-order valence-electron chi connectivity index (χ2n) is 8.73. The normalized spacial score (nSPS) is 29.7. The molecule has 294 valence electrons. The second-order valence-corrected chi connectivity index (χ2v) is 26.6. The molecule has 0 saturated carbocycles. The zero-order valence-corrected chi connectivity index (χ0v) is 41.7. The molecule has 6 heterocycles. The molecule has 31 heteroatoms. The molecule has 6 aliphatic heterocycles. The number of halogens is 9. The van der Waals surface area contributed by atoms with Gasteiger partial charge in [-0.1, -0.05) is 11.3 Å². The molecule has 10 unspecified atom stereocenters. The van der Waals surface area contributed by atoms with Gasteiger partial charge < -0.3 is 43.6 Å². The summed E-state index contributed by atoms with van der Waals surface area (Å²) in [6.07, 6.45) is -1.88. The van der Waals surface area contributed by atoms with Gasteiger partial charge in [-0.25, -0.2) is 26.8 Å². The molecule has 18 nitrogen and oxygen atoms in total. The summed E-state index contributed by atoms with van der Waals surface area (Å²) in [5.41, 5.74) is 0. The summed E-state index contributed by atoms with van der Waals surface area (Å²) in [7, 11) is -9.58. The largest absolute Gasteiger partial charge is 1.00 e. The maximum Gasteiger partial charge on any atom is 1.00 e. The van der Waals surface area contributed by atoms with Gasteiger partial charge in [0.25, 0.3) is 10.5 Å². The Morgan fingerprint density at radius 2 is 1.20 bits per heavy atom. The molecule has 4 N–H and O–H groups in total. The number of fused-ring (bicyclic) bond motifs is 2. The fourth-order valence-corrected chi connectivity index (χ4v) is 4.82. The van der Waals surface area contributed by atoms with E-state index in [0.29, 0.717) is 26.1 Å². The number of aliphatic hydroxyl groups excluding tert-OH is 2. The number of ether oxygens (including phenoxy) is 5. The minimum atomic E-state index is -5.42. The van der Waals surface area contributed by atoms with E-state index in [1.54, 1.807) is 0 Å². The van der Waals surface area contributed by atoms with Crippen LogP contribution in [0.25, 0.3) is 0 Å². The summed E-state index contributed by atoms with van der Waals surface area (Å²) in [6.45, 7) is -2.45. The maximum absolute atomic E-state index is 12.0. The van der Waals surface area contributed by atoms with Crippen molar-refractivity contribution in [2.75, 3.05) is 20.5 Å². The van der Waals surface area contributed by atoms with Crippen molar-refractivity contribution in [3.05, 3.63) is 0 Å². The smallest absolute Gasteiger partial charge is 0.722 e. The van der Waals surface area contributed by atoms with E-state index in [2.05, 4.69) is 74.5 Å². The van der Waals surface area contributed by atoms with Crippen LogP contribution in [0.2, 0.25) is 0 Å². The Hall–Kier alpha value is 2.91. The van der Waals surface area contributed by atoms with Crippen LogP contribution in [0.5, 0.6) is 0 Å². The van der Waals surface area contributed by atoms with Crippen LogP contribution in [-0.2, 0) is 63.9 Å². The standard InChI is InChI=1S/C9H9FO5.C7H8O4.C2H3FO2.CH4O.CH4.2FHO3S.I3.I2.2Na/c10-2-5(11)14-7-4-1-3-6(13-4)8(7)15-9(3)12;8-4-3-1-2-5(10-3)6(4)11-7(2)9;3-1-2(4)5;1-2;;2*1-5(2,3)4;1-3-2;1-2;;/h3-4,6-8H,1-2H2;2-6,8H,1H2;1H2,(H,4,5);2H,1H3;1H4;2*(H,2,3,4);;;;/q;;;;;;;-1;;2*+1/p-1. The number of carboxylic acid groups (broad SMARTS) is 1. The van der Waals surface area contributed by atoms with Crippen LogP contribution < -0.4 is 72.4 Å². The Balaban J connectivity index is -0.000000175. The minimum absolute atomic E-state index is 0. The molecule has 0 amide bonds. The molecule has 0 spiro atoms. The van der Waals surface area contributed by atoms with Crippen molar-refractivity contribution in [3.63, 3.8) is 0 Å². The van der Waals surface area contributed by atoms with Crippen molar-refractivity contribution in [2.24, 2.45) is 11.8 Å². The zero-order valence-electron chi connectivity index (χ0n) is 25.3. The minimum Gasteiger partial charge on any atom is -0.722 e. The molecule has 4 bridgehead atoms. The van der Waals surface area contributed by atoms with Crippen molar-refractivity contribution < 1.29 is 173 Å². The maximum atomic E-state index is 12.0. The molecule has 6 fully saturated rings. The van der Waals surface area contributed by atoms with Crippen LogP contribution in [0.1, 0.15) is 20.3 Å². The monoisotopic (exact) mass is 1380 g/mol. The molecule has 6 rings (SSSR count). The topological polar surface area (TPSA) is 287 Å². The third kappa shape index (κ3) is 24.4. The summed E-state index contributed by atoms with van der Waals surface area (Å²) in [5, 5.41) is 23.8. The van der Waals surface area contributed by atoms with E-state index in [0.717, 1.165) is 7.11 Å². The third-order valence-corrected chi connectivity index (χ3v) is 6.09. The van der Waals surface area contributed by atoms with Gasteiger partial charge in [0.1, 0.15) is 18.3 Å². The molecular weight excluding hydrogens is 1350 g/mol. The number of carboxylic acids is 1. The van der Waals surface area contributed by atoms with Crippen molar-refractivity contribution in [2.45, 2.75) is 69.1 Å². The predicted octanol–water partition coefficient (Wildman–Crippen LogP) is -7.34. The average Bonchev–Trinajstić information content (AvgIpc) is 3.80. The van der Waals surface area contributed by atoms with Crippen LogP contribution in [0.3, 0.4) is 0 Å². The van der Waals surface area contributed by atoms with E-state index in [1.807, 2.05) is 0 Å². The van der Waals surface area contributed by atoms with E-state index in [4.69, 9.17) is 64.6 Å². The van der Waals surface area contributed by atoms with Gasteiger partial charge in [-0.15, -0.1) is 3.89 Å². The van der Waals surface area contributed by atoms with Crippen LogP contribution >= 0.6 is 74.5 Å². The van der Waals surface area contributed by atoms with E-state index in [9.17, 15) is 36.0 Å². The SMILES string of the molecule is C.CO.II.I[I-]I.O=C(CF)OC1C2CC3C(=O)OC1C3O2.O=C(O)CF.O=C1OC2C(O)C3CC1C2O3.O=S(=O)(O)F.O=S(=O)([O-])F.[Na+].[Na+]. The number of esters is 3. The fraction of sp³-hybridized carbons (Fsp3) is 0.800. The van der Waals surface area contributed by atoms with Gasteiger partial charge in [-0.05, 0) is 12.8 Å².